The van der Waals surface area contributed by atoms with E-state index in [4.69, 9.17) is 10.3 Å². The van der Waals surface area contributed by atoms with Gasteiger partial charge in [0, 0.05) is 17.4 Å². The summed E-state index contributed by atoms with van der Waals surface area (Å²) in [6.07, 6.45) is 3.85. The van der Waals surface area contributed by atoms with Crippen LogP contribution in [0.1, 0.15) is 32.6 Å². The van der Waals surface area contributed by atoms with Crippen molar-refractivity contribution in [3.05, 3.63) is 10.4 Å². The highest BCUT2D eigenvalue weighted by molar-refractivity contribution is 5.69. The number of hydrogen-bond acceptors (Lipinski definition) is 3. The molecule has 0 aromatic carbocycles. The molecule has 0 aliphatic heterocycles. The van der Waals surface area contributed by atoms with E-state index >= 15 is 0 Å². The van der Waals surface area contributed by atoms with Gasteiger partial charge in [-0.1, -0.05) is 5.11 Å². The second-order valence-corrected chi connectivity index (χ2v) is 4.70. The third-order valence-electron chi connectivity index (χ3n) is 3.93. The lowest BCUT2D eigenvalue weighted by atomic mass is 9.83. The number of carbonyl (C=O) groups is 1. The van der Waals surface area contributed by atoms with Crippen molar-refractivity contribution < 1.29 is 9.53 Å². The maximum atomic E-state index is 11.5. The van der Waals surface area contributed by atoms with Crippen molar-refractivity contribution in [3.63, 3.8) is 0 Å². The second kappa shape index (κ2) is 4.74. The van der Waals surface area contributed by atoms with Gasteiger partial charge in [-0.25, -0.2) is 0 Å². The lowest BCUT2D eigenvalue weighted by molar-refractivity contribution is -0.144. The van der Waals surface area contributed by atoms with Gasteiger partial charge in [0.05, 0.1) is 6.61 Å². The number of rotatable bonds is 4. The van der Waals surface area contributed by atoms with Crippen molar-refractivity contribution >= 4 is 5.97 Å². The summed E-state index contributed by atoms with van der Waals surface area (Å²) >= 11 is 0. The molecule has 4 atom stereocenters. The van der Waals surface area contributed by atoms with E-state index < -0.39 is 0 Å². The minimum Gasteiger partial charge on any atom is -0.466 e. The summed E-state index contributed by atoms with van der Waals surface area (Å²) in [5, 5.41) is 3.87. The van der Waals surface area contributed by atoms with Crippen LogP contribution >= 0.6 is 0 Å². The van der Waals surface area contributed by atoms with Crippen molar-refractivity contribution in [2.45, 2.75) is 38.6 Å². The van der Waals surface area contributed by atoms with Crippen LogP contribution < -0.4 is 0 Å². The number of azide groups is 1. The van der Waals surface area contributed by atoms with Crippen LogP contribution in [0, 0.1) is 17.8 Å². The fourth-order valence-electron chi connectivity index (χ4n) is 3.32. The first-order chi connectivity index (χ1) is 7.76. The number of nitrogens with zero attached hydrogens (tertiary/aromatic N) is 3. The average molecular weight is 223 g/mol. The molecule has 2 fully saturated rings. The highest BCUT2D eigenvalue weighted by Gasteiger charge is 2.47. The van der Waals surface area contributed by atoms with Crippen LogP contribution in [-0.2, 0) is 9.53 Å². The Morgan fingerprint density at radius 2 is 2.25 bits per heavy atom. The van der Waals surface area contributed by atoms with Gasteiger partial charge in [-0.05, 0) is 49.5 Å². The summed E-state index contributed by atoms with van der Waals surface area (Å²) in [6.45, 7) is 2.23. The predicted molar refractivity (Wildman–Crippen MR) is 58.5 cm³/mol. The number of fused-ring (bicyclic) bond motifs is 2. The topological polar surface area (TPSA) is 75.1 Å². The molecule has 2 rings (SSSR count). The Labute approximate surface area is 94.8 Å². The molecule has 0 heterocycles. The summed E-state index contributed by atoms with van der Waals surface area (Å²) in [5.74, 6) is 1.12. The standard InChI is InChI=1S/C11H17N3O2/c1-2-16-10(15)6-9-7-3-4-8(5-7)11(9)13-14-12/h7-9,11H,2-6H2,1H3. The molecule has 0 amide bonds. The van der Waals surface area contributed by atoms with Gasteiger partial charge in [0.2, 0.25) is 0 Å². The van der Waals surface area contributed by atoms with Gasteiger partial charge in [0.15, 0.2) is 0 Å². The zero-order valence-corrected chi connectivity index (χ0v) is 9.50. The Balaban J connectivity index is 2.01. The summed E-state index contributed by atoms with van der Waals surface area (Å²) in [5.41, 5.74) is 8.55. The smallest absolute Gasteiger partial charge is 0.306 e. The summed E-state index contributed by atoms with van der Waals surface area (Å²) in [4.78, 5) is 14.4. The van der Waals surface area contributed by atoms with Gasteiger partial charge < -0.3 is 4.74 Å². The fourth-order valence-corrected chi connectivity index (χ4v) is 3.32. The maximum Gasteiger partial charge on any atom is 0.306 e. The first-order valence-corrected chi connectivity index (χ1v) is 5.96. The molecule has 0 aromatic heterocycles. The van der Waals surface area contributed by atoms with E-state index in [0.29, 0.717) is 24.9 Å². The van der Waals surface area contributed by atoms with Gasteiger partial charge in [-0.2, -0.15) is 0 Å². The highest BCUT2D eigenvalue weighted by Crippen LogP contribution is 2.51. The molecule has 4 unspecified atom stereocenters. The van der Waals surface area contributed by atoms with E-state index in [9.17, 15) is 4.79 Å². The number of hydrogen-bond donors (Lipinski definition) is 0. The lowest BCUT2D eigenvalue weighted by Crippen LogP contribution is -2.28. The monoisotopic (exact) mass is 223 g/mol. The Morgan fingerprint density at radius 3 is 2.94 bits per heavy atom. The Morgan fingerprint density at radius 1 is 1.50 bits per heavy atom. The van der Waals surface area contributed by atoms with E-state index in [1.807, 2.05) is 6.92 Å². The van der Waals surface area contributed by atoms with E-state index in [1.54, 1.807) is 0 Å². The first-order valence-electron chi connectivity index (χ1n) is 5.96. The van der Waals surface area contributed by atoms with E-state index in [0.717, 1.165) is 12.8 Å². The van der Waals surface area contributed by atoms with Crippen LogP contribution in [0.15, 0.2) is 5.11 Å². The quantitative estimate of drug-likeness (QED) is 0.318. The zero-order valence-electron chi connectivity index (χ0n) is 9.50. The van der Waals surface area contributed by atoms with Crippen LogP contribution in [0.2, 0.25) is 0 Å². The molecule has 2 bridgehead atoms. The van der Waals surface area contributed by atoms with Crippen molar-refractivity contribution in [1.29, 1.82) is 0 Å². The molecule has 2 aliphatic rings. The maximum absolute atomic E-state index is 11.5. The van der Waals surface area contributed by atoms with Gasteiger partial charge >= 0.3 is 5.97 Å². The zero-order chi connectivity index (χ0) is 11.5. The third-order valence-corrected chi connectivity index (χ3v) is 3.93. The normalized spacial score (nSPS) is 35.8. The van der Waals surface area contributed by atoms with Crippen LogP contribution in [0.3, 0.4) is 0 Å². The molecule has 0 spiro atoms. The van der Waals surface area contributed by atoms with Gasteiger partial charge in [0.25, 0.3) is 0 Å². The molecular weight excluding hydrogens is 206 g/mol. The molecule has 0 N–H and O–H groups in total. The Kier molecular flexibility index (Phi) is 3.34. The van der Waals surface area contributed by atoms with Crippen LogP contribution in [0.5, 0.6) is 0 Å². The van der Waals surface area contributed by atoms with Crippen LogP contribution in [0.25, 0.3) is 10.4 Å². The highest BCUT2D eigenvalue weighted by atomic mass is 16.5. The molecule has 2 saturated carbocycles. The minimum atomic E-state index is -0.154. The summed E-state index contributed by atoms with van der Waals surface area (Å²) in [6, 6.07) is 0.0214. The third kappa shape index (κ3) is 2.00. The van der Waals surface area contributed by atoms with E-state index in [-0.39, 0.29) is 17.9 Å². The van der Waals surface area contributed by atoms with Crippen molar-refractivity contribution in [1.82, 2.24) is 0 Å². The molecule has 5 nitrogen and oxygen atoms in total. The molecular formula is C11H17N3O2. The number of ether oxygens (including phenoxy) is 1. The molecule has 0 aromatic rings. The van der Waals surface area contributed by atoms with Crippen LogP contribution in [-0.4, -0.2) is 18.6 Å². The van der Waals surface area contributed by atoms with Crippen molar-refractivity contribution in [3.8, 4) is 0 Å². The number of carbonyl (C=O) groups excluding carboxylic acids is 1. The minimum absolute atomic E-state index is 0.0214. The van der Waals surface area contributed by atoms with Crippen molar-refractivity contribution in [2.75, 3.05) is 6.61 Å². The molecule has 2 aliphatic carbocycles. The molecule has 16 heavy (non-hydrogen) atoms. The second-order valence-electron chi connectivity index (χ2n) is 4.70. The summed E-state index contributed by atoms with van der Waals surface area (Å²) < 4.78 is 4.96. The predicted octanol–water partition coefficient (Wildman–Crippen LogP) is 2.66. The van der Waals surface area contributed by atoms with E-state index in [2.05, 4.69) is 10.0 Å². The lowest BCUT2D eigenvalue weighted by Gasteiger charge is -2.26. The fraction of sp³-hybridized carbons (Fsp3) is 0.909. The van der Waals surface area contributed by atoms with Gasteiger partial charge in [-0.3, -0.25) is 4.79 Å². The molecule has 0 radical (unpaired) electrons. The average Bonchev–Trinajstić information content (AvgIpc) is 2.82. The van der Waals surface area contributed by atoms with Gasteiger partial charge in [-0.15, -0.1) is 0 Å². The van der Waals surface area contributed by atoms with E-state index in [1.165, 1.54) is 6.42 Å². The Bertz CT molecular complexity index is 325. The Hall–Kier alpha value is -1.22. The van der Waals surface area contributed by atoms with Crippen LogP contribution in [0.4, 0.5) is 0 Å². The number of esters is 1. The SMILES string of the molecule is CCOC(=O)CC1C2CCC(C2)C1N=[N+]=[N-]. The largest absolute Gasteiger partial charge is 0.466 e. The molecule has 88 valence electrons. The molecule has 5 heteroatoms. The first kappa shape index (κ1) is 11.3. The van der Waals surface area contributed by atoms with Gasteiger partial charge in [0.1, 0.15) is 0 Å². The summed E-state index contributed by atoms with van der Waals surface area (Å²) in [7, 11) is 0. The molecule has 0 saturated heterocycles. The van der Waals surface area contributed by atoms with Crippen molar-refractivity contribution in [2.24, 2.45) is 22.9 Å².